The minimum absolute atomic E-state index is 0.0414. The first-order valence-corrected chi connectivity index (χ1v) is 7.97. The third-order valence-electron chi connectivity index (χ3n) is 3.69. The Morgan fingerprint density at radius 3 is 2.92 bits per heavy atom. The Kier molecular flexibility index (Phi) is 6.84. The predicted octanol–water partition coefficient (Wildman–Crippen LogP) is 2.40. The van der Waals surface area contributed by atoms with Crippen molar-refractivity contribution in [1.82, 2.24) is 4.90 Å². The lowest BCUT2D eigenvalue weighted by atomic mass is 10.2. The molecule has 0 aromatic heterocycles. The molecule has 0 saturated carbocycles. The van der Waals surface area contributed by atoms with E-state index in [1.165, 1.54) is 13.2 Å². The molecule has 1 saturated heterocycles. The third-order valence-corrected chi connectivity index (χ3v) is 4.02. The second-order valence-corrected chi connectivity index (χ2v) is 5.74. The van der Waals surface area contributed by atoms with E-state index in [-0.39, 0.29) is 22.7 Å². The molecule has 1 heterocycles. The number of methoxy groups -OCH3 is 2. The number of ether oxygens (including phenoxy) is 3. The zero-order valence-corrected chi connectivity index (χ0v) is 14.5. The highest BCUT2D eigenvalue weighted by Crippen LogP contribution is 2.22. The molecule has 1 aliphatic heterocycles. The Bertz CT molecular complexity index is 596. The van der Waals surface area contributed by atoms with Crippen LogP contribution in [0.2, 0.25) is 5.02 Å². The van der Waals surface area contributed by atoms with E-state index in [4.69, 9.17) is 21.1 Å². The number of hydrogen-bond donors (Lipinski definition) is 1. The molecule has 1 N–H and O–H groups in total. The molecule has 0 aliphatic carbocycles. The number of carbonyl (C=O) groups excluding carboxylic acids is 2. The number of amides is 2. The smallest absolute Gasteiger partial charge is 0.339 e. The molecule has 1 aliphatic rings. The molecule has 0 spiro atoms. The number of hydrogen-bond acceptors (Lipinski definition) is 5. The van der Waals surface area contributed by atoms with Gasteiger partial charge >= 0.3 is 12.0 Å². The normalized spacial score (nSPS) is 17.5. The summed E-state index contributed by atoms with van der Waals surface area (Å²) in [4.78, 5) is 25.7. The molecule has 2 rings (SSSR count). The number of morpholine rings is 1. The van der Waals surface area contributed by atoms with E-state index >= 15 is 0 Å². The first-order valence-electron chi connectivity index (χ1n) is 7.59. The Morgan fingerprint density at radius 2 is 2.21 bits per heavy atom. The van der Waals surface area contributed by atoms with Crippen LogP contribution in [0.15, 0.2) is 18.2 Å². The zero-order chi connectivity index (χ0) is 17.5. The molecule has 2 amide bonds. The summed E-state index contributed by atoms with van der Waals surface area (Å²) in [6.07, 6.45) is 0.688. The van der Waals surface area contributed by atoms with Crippen molar-refractivity contribution in [3.63, 3.8) is 0 Å². The van der Waals surface area contributed by atoms with Crippen molar-refractivity contribution in [3.05, 3.63) is 28.8 Å². The number of carbonyl (C=O) groups is 2. The lowest BCUT2D eigenvalue weighted by Gasteiger charge is -2.33. The first-order chi connectivity index (χ1) is 11.5. The van der Waals surface area contributed by atoms with Crippen molar-refractivity contribution in [2.75, 3.05) is 45.8 Å². The van der Waals surface area contributed by atoms with E-state index in [1.54, 1.807) is 24.1 Å². The fourth-order valence-electron chi connectivity index (χ4n) is 2.40. The highest BCUT2D eigenvalue weighted by Gasteiger charge is 2.24. The summed E-state index contributed by atoms with van der Waals surface area (Å²) in [7, 11) is 2.91. The van der Waals surface area contributed by atoms with Crippen molar-refractivity contribution < 1.29 is 23.8 Å². The van der Waals surface area contributed by atoms with Crippen LogP contribution in [0.1, 0.15) is 16.8 Å². The molecule has 1 atom stereocenters. The summed E-state index contributed by atoms with van der Waals surface area (Å²) >= 11 is 5.97. The second-order valence-electron chi connectivity index (χ2n) is 5.34. The standard InChI is InChI=1S/C16H21ClN2O5/c1-22-7-5-12-10-19(6-8-24-12)16(21)18-11-3-4-14(17)13(9-11)15(20)23-2/h3-4,9,12H,5-8,10H2,1-2H3,(H,18,21)/t12-/m0/s1. The first kappa shape index (κ1) is 18.5. The molecule has 24 heavy (non-hydrogen) atoms. The molecule has 132 valence electrons. The maximum atomic E-state index is 12.4. The average molecular weight is 357 g/mol. The van der Waals surface area contributed by atoms with Gasteiger partial charge in [0, 0.05) is 32.5 Å². The van der Waals surface area contributed by atoms with Crippen molar-refractivity contribution in [2.24, 2.45) is 0 Å². The van der Waals surface area contributed by atoms with Crippen LogP contribution in [0.25, 0.3) is 0 Å². The molecule has 1 aromatic rings. The summed E-state index contributed by atoms with van der Waals surface area (Å²) in [6, 6.07) is 4.42. The highest BCUT2D eigenvalue weighted by molar-refractivity contribution is 6.33. The summed E-state index contributed by atoms with van der Waals surface area (Å²) in [5.74, 6) is -0.554. The third kappa shape index (κ3) is 4.83. The fourth-order valence-corrected chi connectivity index (χ4v) is 2.59. The van der Waals surface area contributed by atoms with Gasteiger partial charge in [0.05, 0.1) is 30.4 Å². The van der Waals surface area contributed by atoms with Crippen molar-refractivity contribution in [1.29, 1.82) is 0 Å². The molecular formula is C16H21ClN2O5. The quantitative estimate of drug-likeness (QED) is 0.820. The minimum atomic E-state index is -0.554. The van der Waals surface area contributed by atoms with Gasteiger partial charge in [-0.1, -0.05) is 11.6 Å². The van der Waals surface area contributed by atoms with E-state index < -0.39 is 5.97 Å². The lowest BCUT2D eigenvalue weighted by Crippen LogP contribution is -2.47. The fraction of sp³-hybridized carbons (Fsp3) is 0.500. The Labute approximate surface area is 145 Å². The van der Waals surface area contributed by atoms with Crippen LogP contribution in [-0.4, -0.2) is 63.5 Å². The van der Waals surface area contributed by atoms with Gasteiger partial charge in [0.25, 0.3) is 0 Å². The van der Waals surface area contributed by atoms with E-state index in [0.29, 0.717) is 32.0 Å². The number of benzene rings is 1. The van der Waals surface area contributed by atoms with Crippen molar-refractivity contribution in [2.45, 2.75) is 12.5 Å². The van der Waals surface area contributed by atoms with E-state index in [0.717, 1.165) is 6.42 Å². The summed E-state index contributed by atoms with van der Waals surface area (Å²) in [5, 5.41) is 3.04. The van der Waals surface area contributed by atoms with Gasteiger partial charge in [-0.2, -0.15) is 0 Å². The van der Waals surface area contributed by atoms with E-state index in [1.807, 2.05) is 0 Å². The Hall–Kier alpha value is -1.83. The van der Waals surface area contributed by atoms with Crippen molar-refractivity contribution in [3.8, 4) is 0 Å². The van der Waals surface area contributed by atoms with Crippen LogP contribution in [0.5, 0.6) is 0 Å². The maximum Gasteiger partial charge on any atom is 0.339 e. The van der Waals surface area contributed by atoms with E-state index in [9.17, 15) is 9.59 Å². The minimum Gasteiger partial charge on any atom is -0.465 e. The van der Waals surface area contributed by atoms with Gasteiger partial charge < -0.3 is 24.4 Å². The maximum absolute atomic E-state index is 12.4. The number of rotatable bonds is 5. The summed E-state index contributed by atoms with van der Waals surface area (Å²) in [5.41, 5.74) is 0.682. The van der Waals surface area contributed by atoms with Crippen LogP contribution >= 0.6 is 11.6 Å². The highest BCUT2D eigenvalue weighted by atomic mass is 35.5. The van der Waals surface area contributed by atoms with Crippen LogP contribution < -0.4 is 5.32 Å². The molecule has 0 bridgehead atoms. The summed E-state index contributed by atoms with van der Waals surface area (Å²) < 4.78 is 15.3. The molecular weight excluding hydrogens is 336 g/mol. The average Bonchev–Trinajstić information content (AvgIpc) is 2.61. The molecule has 8 heteroatoms. The number of esters is 1. The van der Waals surface area contributed by atoms with Gasteiger partial charge in [0.15, 0.2) is 0 Å². The molecule has 0 radical (unpaired) electrons. The Balaban J connectivity index is 2.00. The zero-order valence-electron chi connectivity index (χ0n) is 13.7. The topological polar surface area (TPSA) is 77.1 Å². The van der Waals surface area contributed by atoms with Gasteiger partial charge in [-0.25, -0.2) is 9.59 Å². The van der Waals surface area contributed by atoms with Crippen molar-refractivity contribution >= 4 is 29.3 Å². The van der Waals surface area contributed by atoms with Gasteiger partial charge in [-0.3, -0.25) is 0 Å². The largest absolute Gasteiger partial charge is 0.465 e. The Morgan fingerprint density at radius 1 is 1.42 bits per heavy atom. The molecule has 7 nitrogen and oxygen atoms in total. The number of nitrogens with zero attached hydrogens (tertiary/aromatic N) is 1. The number of urea groups is 1. The predicted molar refractivity (Wildman–Crippen MR) is 89.6 cm³/mol. The monoisotopic (exact) mass is 356 g/mol. The molecule has 0 unspecified atom stereocenters. The summed E-state index contributed by atoms with van der Waals surface area (Å²) in [6.45, 7) is 2.06. The number of halogens is 1. The SMILES string of the molecule is COCC[C@H]1CN(C(=O)Nc2ccc(Cl)c(C(=O)OC)c2)CCO1. The van der Waals surface area contributed by atoms with Gasteiger partial charge in [-0.15, -0.1) is 0 Å². The van der Waals surface area contributed by atoms with Gasteiger partial charge in [-0.05, 0) is 24.6 Å². The van der Waals surface area contributed by atoms with Crippen LogP contribution in [0.4, 0.5) is 10.5 Å². The number of nitrogens with one attached hydrogen (secondary N) is 1. The number of anilines is 1. The van der Waals surface area contributed by atoms with Gasteiger partial charge in [0.1, 0.15) is 0 Å². The van der Waals surface area contributed by atoms with Crippen LogP contribution in [-0.2, 0) is 14.2 Å². The van der Waals surface area contributed by atoms with E-state index in [2.05, 4.69) is 10.1 Å². The lowest BCUT2D eigenvalue weighted by molar-refractivity contribution is -0.0260. The van der Waals surface area contributed by atoms with Crippen LogP contribution in [0.3, 0.4) is 0 Å². The van der Waals surface area contributed by atoms with Gasteiger partial charge in [0.2, 0.25) is 0 Å². The molecule has 1 fully saturated rings. The molecule has 1 aromatic carbocycles. The van der Waals surface area contributed by atoms with Crippen LogP contribution in [0, 0.1) is 0 Å². The second kappa shape index (κ2) is 8.86.